The summed E-state index contributed by atoms with van der Waals surface area (Å²) in [6, 6.07) is 7.74. The minimum Gasteiger partial charge on any atom is -0.493 e. The van der Waals surface area contributed by atoms with Crippen molar-refractivity contribution in [3.8, 4) is 5.75 Å². The lowest BCUT2D eigenvalue weighted by atomic mass is 10.2. The lowest BCUT2D eigenvalue weighted by Crippen LogP contribution is -2.09. The van der Waals surface area contributed by atoms with Crippen molar-refractivity contribution >= 4 is 6.41 Å². The van der Waals surface area contributed by atoms with Gasteiger partial charge in [0.25, 0.3) is 0 Å². The molecule has 0 unspecified atom stereocenters. The van der Waals surface area contributed by atoms with Crippen LogP contribution in [0.1, 0.15) is 19.4 Å². The summed E-state index contributed by atoms with van der Waals surface area (Å²) >= 11 is 0. The molecule has 1 aromatic rings. The fourth-order valence-electron chi connectivity index (χ4n) is 1.13. The van der Waals surface area contributed by atoms with Crippen LogP contribution in [0.25, 0.3) is 0 Å². The Morgan fingerprint density at radius 2 is 2.00 bits per heavy atom. The van der Waals surface area contributed by atoms with E-state index in [-0.39, 0.29) is 0 Å². The first-order valence-electron chi connectivity index (χ1n) is 5.11. The number of ether oxygens (including phenoxy) is 1. The highest BCUT2D eigenvalue weighted by molar-refractivity contribution is 5.46. The summed E-state index contributed by atoms with van der Waals surface area (Å²) in [7, 11) is 0. The number of carbonyl (C=O) groups excluding carboxylic acids is 1. The van der Waals surface area contributed by atoms with Crippen molar-refractivity contribution in [1.29, 1.82) is 0 Å². The first-order chi connectivity index (χ1) is 7.22. The maximum Gasteiger partial charge on any atom is 0.207 e. The third kappa shape index (κ3) is 4.49. The molecule has 3 heteroatoms. The van der Waals surface area contributed by atoms with Crippen LogP contribution in [0.15, 0.2) is 24.3 Å². The van der Waals surface area contributed by atoms with Gasteiger partial charge in [-0.2, -0.15) is 0 Å². The zero-order valence-corrected chi connectivity index (χ0v) is 9.19. The fraction of sp³-hybridized carbons (Fsp3) is 0.417. The minimum absolute atomic E-state index is 0.529. The molecule has 3 nitrogen and oxygen atoms in total. The summed E-state index contributed by atoms with van der Waals surface area (Å²) in [5.41, 5.74) is 1.07. The van der Waals surface area contributed by atoms with Crippen LogP contribution in [0.3, 0.4) is 0 Å². The number of hydrogen-bond donors (Lipinski definition) is 1. The van der Waals surface area contributed by atoms with E-state index in [9.17, 15) is 4.79 Å². The molecule has 0 aromatic heterocycles. The van der Waals surface area contributed by atoms with Gasteiger partial charge in [0.1, 0.15) is 5.75 Å². The first kappa shape index (κ1) is 11.6. The molecule has 0 fully saturated rings. The molecule has 0 spiro atoms. The quantitative estimate of drug-likeness (QED) is 0.724. The van der Waals surface area contributed by atoms with Gasteiger partial charge in [-0.05, 0) is 23.6 Å². The van der Waals surface area contributed by atoms with Crippen molar-refractivity contribution in [2.24, 2.45) is 5.92 Å². The van der Waals surface area contributed by atoms with Gasteiger partial charge < -0.3 is 10.1 Å². The van der Waals surface area contributed by atoms with Crippen LogP contribution in [0.4, 0.5) is 0 Å². The Morgan fingerprint density at radius 1 is 1.33 bits per heavy atom. The van der Waals surface area contributed by atoms with Crippen LogP contribution in [-0.4, -0.2) is 13.0 Å². The summed E-state index contributed by atoms with van der Waals surface area (Å²) < 4.78 is 5.54. The highest BCUT2D eigenvalue weighted by Gasteiger charge is 1.97. The maximum atomic E-state index is 10.1. The van der Waals surface area contributed by atoms with Crippen LogP contribution in [0.2, 0.25) is 0 Å². The number of benzene rings is 1. The van der Waals surface area contributed by atoms with E-state index in [4.69, 9.17) is 4.74 Å². The molecule has 0 atom stereocenters. The van der Waals surface area contributed by atoms with Gasteiger partial charge in [0, 0.05) is 6.54 Å². The van der Waals surface area contributed by atoms with Crippen LogP contribution in [-0.2, 0) is 11.3 Å². The Bertz CT molecular complexity index is 293. The molecule has 82 valence electrons. The summed E-state index contributed by atoms with van der Waals surface area (Å²) in [4.78, 5) is 10.1. The second-order valence-electron chi connectivity index (χ2n) is 3.85. The molecule has 1 N–H and O–H groups in total. The molecule has 0 heterocycles. The first-order valence-corrected chi connectivity index (χ1v) is 5.11. The summed E-state index contributed by atoms with van der Waals surface area (Å²) in [6.45, 7) is 5.52. The molecule has 0 aliphatic carbocycles. The Balaban J connectivity index is 2.45. The normalized spacial score (nSPS) is 10.1. The van der Waals surface area contributed by atoms with Crippen molar-refractivity contribution in [3.63, 3.8) is 0 Å². The van der Waals surface area contributed by atoms with E-state index in [1.165, 1.54) is 0 Å². The zero-order chi connectivity index (χ0) is 11.1. The highest BCUT2D eigenvalue weighted by Crippen LogP contribution is 2.12. The molecule has 15 heavy (non-hydrogen) atoms. The lowest BCUT2D eigenvalue weighted by Gasteiger charge is -2.08. The third-order valence-electron chi connectivity index (χ3n) is 1.90. The minimum atomic E-state index is 0.529. The van der Waals surface area contributed by atoms with Gasteiger partial charge in [0.15, 0.2) is 0 Å². The van der Waals surface area contributed by atoms with E-state index >= 15 is 0 Å². The zero-order valence-electron chi connectivity index (χ0n) is 9.19. The predicted octanol–water partition coefficient (Wildman–Crippen LogP) is 1.97. The van der Waals surface area contributed by atoms with Gasteiger partial charge in [-0.25, -0.2) is 0 Å². The molecular formula is C12H17NO2. The molecule has 0 bridgehead atoms. The van der Waals surface area contributed by atoms with Crippen LogP contribution in [0, 0.1) is 5.92 Å². The van der Waals surface area contributed by atoms with Crippen LogP contribution >= 0.6 is 0 Å². The van der Waals surface area contributed by atoms with Gasteiger partial charge >= 0.3 is 0 Å². The molecule has 1 rings (SSSR count). The third-order valence-corrected chi connectivity index (χ3v) is 1.90. The number of amides is 1. The second-order valence-corrected chi connectivity index (χ2v) is 3.85. The monoisotopic (exact) mass is 207 g/mol. The van der Waals surface area contributed by atoms with Crippen molar-refractivity contribution in [2.75, 3.05) is 6.61 Å². The van der Waals surface area contributed by atoms with Crippen molar-refractivity contribution in [2.45, 2.75) is 20.4 Å². The molecule has 0 aliphatic rings. The Hall–Kier alpha value is -1.51. The SMILES string of the molecule is CC(C)COc1ccc(CNC=O)cc1. The Morgan fingerprint density at radius 3 is 2.53 bits per heavy atom. The summed E-state index contributed by atoms with van der Waals surface area (Å²) in [6.07, 6.45) is 0.698. The van der Waals surface area contributed by atoms with E-state index in [1.54, 1.807) is 0 Å². The molecule has 0 radical (unpaired) electrons. The van der Waals surface area contributed by atoms with Gasteiger partial charge in [-0.3, -0.25) is 4.79 Å². The molecule has 0 aliphatic heterocycles. The molecule has 1 amide bonds. The molecule has 0 saturated heterocycles. The number of carbonyl (C=O) groups is 1. The van der Waals surface area contributed by atoms with Crippen LogP contribution < -0.4 is 10.1 Å². The van der Waals surface area contributed by atoms with Gasteiger partial charge in [0.2, 0.25) is 6.41 Å². The predicted molar refractivity (Wildman–Crippen MR) is 59.7 cm³/mol. The van der Waals surface area contributed by atoms with Gasteiger partial charge in [-0.1, -0.05) is 26.0 Å². The second kappa shape index (κ2) is 6.06. The van der Waals surface area contributed by atoms with Crippen LogP contribution in [0.5, 0.6) is 5.75 Å². The summed E-state index contributed by atoms with van der Waals surface area (Å²) in [5, 5.41) is 2.61. The van der Waals surface area contributed by atoms with E-state index in [2.05, 4.69) is 19.2 Å². The van der Waals surface area contributed by atoms with Gasteiger partial charge in [0.05, 0.1) is 6.61 Å². The van der Waals surface area contributed by atoms with E-state index in [0.29, 0.717) is 18.9 Å². The average molecular weight is 207 g/mol. The molecule has 0 saturated carbocycles. The number of hydrogen-bond acceptors (Lipinski definition) is 2. The number of rotatable bonds is 6. The average Bonchev–Trinajstić information content (AvgIpc) is 2.25. The standard InChI is InChI=1S/C12H17NO2/c1-10(2)8-15-12-5-3-11(4-6-12)7-13-9-14/h3-6,9-10H,7-8H2,1-2H3,(H,13,14). The molecule has 1 aromatic carbocycles. The van der Waals surface area contributed by atoms with Crippen molar-refractivity contribution in [1.82, 2.24) is 5.32 Å². The van der Waals surface area contributed by atoms with Gasteiger partial charge in [-0.15, -0.1) is 0 Å². The topological polar surface area (TPSA) is 38.3 Å². The maximum absolute atomic E-state index is 10.1. The number of nitrogens with one attached hydrogen (secondary N) is 1. The largest absolute Gasteiger partial charge is 0.493 e. The van der Waals surface area contributed by atoms with Crippen molar-refractivity contribution in [3.05, 3.63) is 29.8 Å². The molecular weight excluding hydrogens is 190 g/mol. The Kier molecular flexibility index (Phi) is 4.68. The van der Waals surface area contributed by atoms with E-state index < -0.39 is 0 Å². The van der Waals surface area contributed by atoms with Crippen molar-refractivity contribution < 1.29 is 9.53 Å². The van der Waals surface area contributed by atoms with E-state index in [0.717, 1.165) is 17.9 Å². The summed E-state index contributed by atoms with van der Waals surface area (Å²) in [5.74, 6) is 1.40. The lowest BCUT2D eigenvalue weighted by molar-refractivity contribution is -0.109. The smallest absolute Gasteiger partial charge is 0.207 e. The highest BCUT2D eigenvalue weighted by atomic mass is 16.5. The fourth-order valence-corrected chi connectivity index (χ4v) is 1.13. The Labute approximate surface area is 90.4 Å². The van der Waals surface area contributed by atoms with E-state index in [1.807, 2.05) is 24.3 Å².